The zero-order valence-electron chi connectivity index (χ0n) is 12.6. The van der Waals surface area contributed by atoms with Crippen molar-refractivity contribution in [2.24, 2.45) is 0 Å². The molecular formula is C16H11F2N3O3S. The van der Waals surface area contributed by atoms with E-state index in [0.29, 0.717) is 30.2 Å². The van der Waals surface area contributed by atoms with E-state index >= 15 is 0 Å². The van der Waals surface area contributed by atoms with E-state index in [1.165, 1.54) is 17.4 Å². The number of carbonyl (C=O) groups excluding carboxylic acids is 1. The molecule has 0 atom stereocenters. The molecule has 0 aliphatic carbocycles. The monoisotopic (exact) mass is 363 g/mol. The quantitative estimate of drug-likeness (QED) is 0.722. The van der Waals surface area contributed by atoms with Gasteiger partial charge in [-0.15, -0.1) is 0 Å². The second-order valence-corrected chi connectivity index (χ2v) is 6.19. The van der Waals surface area contributed by atoms with E-state index < -0.39 is 23.4 Å². The van der Waals surface area contributed by atoms with Gasteiger partial charge in [-0.3, -0.25) is 5.32 Å². The van der Waals surface area contributed by atoms with E-state index in [-0.39, 0.29) is 5.13 Å². The van der Waals surface area contributed by atoms with Crippen molar-refractivity contribution in [3.8, 4) is 11.5 Å². The number of rotatable bonds is 2. The summed E-state index contributed by atoms with van der Waals surface area (Å²) < 4.78 is 38.9. The third-order valence-corrected chi connectivity index (χ3v) is 4.41. The first-order valence-corrected chi connectivity index (χ1v) is 8.14. The fraction of sp³-hybridized carbons (Fsp3) is 0.125. The van der Waals surface area contributed by atoms with Crippen LogP contribution in [-0.4, -0.2) is 24.2 Å². The first-order valence-electron chi connectivity index (χ1n) is 7.32. The van der Waals surface area contributed by atoms with Gasteiger partial charge >= 0.3 is 6.03 Å². The van der Waals surface area contributed by atoms with Gasteiger partial charge in [0, 0.05) is 12.1 Å². The molecule has 0 saturated carbocycles. The lowest BCUT2D eigenvalue weighted by Crippen LogP contribution is -2.20. The standard InChI is InChI=1S/C16H11F2N3O3S/c17-8-2-1-3-9(18)14(8)20-15(22)21-16-19-10-6-11-12(7-13(10)25-16)24-5-4-23-11/h1-3,6-7H,4-5H2,(H2,19,20,21,22). The number of anilines is 2. The number of urea groups is 1. The predicted molar refractivity (Wildman–Crippen MR) is 89.6 cm³/mol. The number of hydrogen-bond acceptors (Lipinski definition) is 5. The molecule has 0 unspecified atom stereocenters. The van der Waals surface area contributed by atoms with Gasteiger partial charge < -0.3 is 14.8 Å². The summed E-state index contributed by atoms with van der Waals surface area (Å²) in [7, 11) is 0. The van der Waals surface area contributed by atoms with Gasteiger partial charge in [-0.05, 0) is 12.1 Å². The number of fused-ring (bicyclic) bond motifs is 2. The maximum Gasteiger partial charge on any atom is 0.325 e. The van der Waals surface area contributed by atoms with Gasteiger partial charge in [0.2, 0.25) is 0 Å². The SMILES string of the molecule is O=C(Nc1nc2cc3c(cc2s1)OCCO3)Nc1c(F)cccc1F. The van der Waals surface area contributed by atoms with Crippen LogP contribution >= 0.6 is 11.3 Å². The minimum absolute atomic E-state index is 0.284. The third-order valence-electron chi connectivity index (χ3n) is 3.47. The van der Waals surface area contributed by atoms with Crippen LogP contribution in [0, 0.1) is 11.6 Å². The molecule has 3 aromatic rings. The van der Waals surface area contributed by atoms with E-state index in [0.717, 1.165) is 16.8 Å². The first kappa shape index (κ1) is 15.6. The van der Waals surface area contributed by atoms with Crippen molar-refractivity contribution < 1.29 is 23.0 Å². The molecule has 0 radical (unpaired) electrons. The van der Waals surface area contributed by atoms with E-state index in [9.17, 15) is 13.6 Å². The van der Waals surface area contributed by atoms with Crippen LogP contribution in [0.4, 0.5) is 24.4 Å². The summed E-state index contributed by atoms with van der Waals surface area (Å²) in [5.74, 6) is -0.511. The van der Waals surface area contributed by atoms with Crippen LogP contribution < -0.4 is 20.1 Å². The number of para-hydroxylation sites is 1. The molecule has 9 heteroatoms. The highest BCUT2D eigenvalue weighted by Crippen LogP contribution is 2.37. The average Bonchev–Trinajstić information content (AvgIpc) is 2.97. The summed E-state index contributed by atoms with van der Waals surface area (Å²) in [6.07, 6.45) is 0. The molecule has 2 amide bonds. The fourth-order valence-electron chi connectivity index (χ4n) is 2.38. The average molecular weight is 363 g/mol. The number of hydrogen-bond donors (Lipinski definition) is 2. The summed E-state index contributed by atoms with van der Waals surface area (Å²) >= 11 is 1.21. The van der Waals surface area contributed by atoms with Crippen LogP contribution in [0.3, 0.4) is 0 Å². The van der Waals surface area contributed by atoms with Crippen molar-refractivity contribution >= 4 is 38.4 Å². The van der Waals surface area contributed by atoms with E-state index in [2.05, 4.69) is 15.6 Å². The number of carbonyl (C=O) groups is 1. The van der Waals surface area contributed by atoms with Gasteiger partial charge in [0.25, 0.3) is 0 Å². The maximum atomic E-state index is 13.6. The Morgan fingerprint density at radius 3 is 2.48 bits per heavy atom. The van der Waals surface area contributed by atoms with Gasteiger partial charge in [0.1, 0.15) is 30.5 Å². The molecule has 0 spiro atoms. The predicted octanol–water partition coefficient (Wildman–Crippen LogP) is 3.99. The molecule has 25 heavy (non-hydrogen) atoms. The third kappa shape index (κ3) is 3.05. The number of benzene rings is 2. The number of halogens is 2. The van der Waals surface area contributed by atoms with E-state index in [1.54, 1.807) is 12.1 Å². The van der Waals surface area contributed by atoms with Gasteiger partial charge in [-0.2, -0.15) is 0 Å². The van der Waals surface area contributed by atoms with Crippen molar-refractivity contribution in [1.82, 2.24) is 4.98 Å². The highest BCUT2D eigenvalue weighted by Gasteiger charge is 2.17. The van der Waals surface area contributed by atoms with Gasteiger partial charge in [0.05, 0.1) is 10.2 Å². The van der Waals surface area contributed by atoms with Gasteiger partial charge in [0.15, 0.2) is 16.6 Å². The van der Waals surface area contributed by atoms with Crippen molar-refractivity contribution in [1.29, 1.82) is 0 Å². The summed E-state index contributed by atoms with van der Waals surface area (Å²) in [5.41, 5.74) is 0.111. The molecule has 1 aromatic heterocycles. The molecule has 1 aliphatic rings. The second kappa shape index (κ2) is 6.17. The Balaban J connectivity index is 1.55. The Morgan fingerprint density at radius 1 is 1.08 bits per heavy atom. The summed E-state index contributed by atoms with van der Waals surface area (Å²) in [6, 6.07) is 6.04. The zero-order valence-corrected chi connectivity index (χ0v) is 13.5. The lowest BCUT2D eigenvalue weighted by Gasteiger charge is -2.17. The Morgan fingerprint density at radius 2 is 1.76 bits per heavy atom. The molecule has 0 fully saturated rings. The topological polar surface area (TPSA) is 72.5 Å². The smallest absolute Gasteiger partial charge is 0.325 e. The minimum atomic E-state index is -0.860. The molecule has 0 saturated heterocycles. The van der Waals surface area contributed by atoms with Crippen LogP contribution in [-0.2, 0) is 0 Å². The number of ether oxygens (including phenoxy) is 2. The van der Waals surface area contributed by atoms with Crippen LogP contribution in [0.2, 0.25) is 0 Å². The molecule has 1 aliphatic heterocycles. The molecule has 6 nitrogen and oxygen atoms in total. The summed E-state index contributed by atoms with van der Waals surface area (Å²) in [6.45, 7) is 0.934. The van der Waals surface area contributed by atoms with Crippen LogP contribution in [0.25, 0.3) is 10.2 Å². The zero-order chi connectivity index (χ0) is 17.4. The summed E-state index contributed by atoms with van der Waals surface area (Å²) in [5, 5.41) is 4.89. The van der Waals surface area contributed by atoms with Crippen molar-refractivity contribution in [3.05, 3.63) is 42.0 Å². The molecule has 2 N–H and O–H groups in total. The van der Waals surface area contributed by atoms with Gasteiger partial charge in [-0.25, -0.2) is 18.6 Å². The number of aromatic nitrogens is 1. The Kier molecular flexibility index (Phi) is 3.85. The Labute approximate surface area is 144 Å². The molecule has 2 aromatic carbocycles. The highest BCUT2D eigenvalue weighted by atomic mass is 32.1. The van der Waals surface area contributed by atoms with Crippen LogP contribution in [0.5, 0.6) is 11.5 Å². The lowest BCUT2D eigenvalue weighted by molar-refractivity contribution is 0.172. The molecule has 2 heterocycles. The number of nitrogens with one attached hydrogen (secondary N) is 2. The second-order valence-electron chi connectivity index (χ2n) is 5.16. The van der Waals surface area contributed by atoms with E-state index in [1.807, 2.05) is 0 Å². The highest BCUT2D eigenvalue weighted by molar-refractivity contribution is 7.22. The van der Waals surface area contributed by atoms with Gasteiger partial charge in [-0.1, -0.05) is 17.4 Å². The molecule has 128 valence electrons. The molecule has 4 rings (SSSR count). The molecular weight excluding hydrogens is 352 g/mol. The number of amides is 2. The lowest BCUT2D eigenvalue weighted by atomic mass is 10.3. The first-order chi connectivity index (χ1) is 12.1. The number of nitrogens with zero attached hydrogens (tertiary/aromatic N) is 1. The van der Waals surface area contributed by atoms with Crippen LogP contribution in [0.15, 0.2) is 30.3 Å². The van der Waals surface area contributed by atoms with E-state index in [4.69, 9.17) is 9.47 Å². The number of thiazole rings is 1. The Hall–Kier alpha value is -2.94. The summed E-state index contributed by atoms with van der Waals surface area (Å²) in [4.78, 5) is 16.3. The molecule has 0 bridgehead atoms. The van der Waals surface area contributed by atoms with Crippen molar-refractivity contribution in [2.45, 2.75) is 0 Å². The Bertz CT molecular complexity index is 913. The van der Waals surface area contributed by atoms with Crippen LogP contribution in [0.1, 0.15) is 0 Å². The maximum absolute atomic E-state index is 13.6. The minimum Gasteiger partial charge on any atom is -0.486 e. The normalized spacial score (nSPS) is 12.9. The fourth-order valence-corrected chi connectivity index (χ4v) is 3.25. The van der Waals surface area contributed by atoms with Crippen molar-refractivity contribution in [3.63, 3.8) is 0 Å². The largest absolute Gasteiger partial charge is 0.486 e. The van der Waals surface area contributed by atoms with Crippen molar-refractivity contribution in [2.75, 3.05) is 23.8 Å².